The number of rotatable bonds is 2. The van der Waals surface area contributed by atoms with E-state index in [0.29, 0.717) is 0 Å². The molecule has 2 aliphatic rings. The Kier molecular flexibility index (Phi) is 3.35. The lowest BCUT2D eigenvalue weighted by molar-refractivity contribution is 1.23. The van der Waals surface area contributed by atoms with Gasteiger partial charge in [0.05, 0.1) is 5.70 Å². The molecule has 3 aromatic rings. The third-order valence-corrected chi connectivity index (χ3v) is 6.19. The minimum Gasteiger partial charge on any atom is -0.344 e. The number of nitrogens with zero attached hydrogens (tertiary/aromatic N) is 1. The molecule has 0 heterocycles. The summed E-state index contributed by atoms with van der Waals surface area (Å²) in [6, 6.07) is 28.1. The van der Waals surface area contributed by atoms with Crippen molar-refractivity contribution in [2.45, 2.75) is 0 Å². The summed E-state index contributed by atoms with van der Waals surface area (Å²) < 4.78 is 1.35. The standard InChI is InChI=1S/C23H16IN/c1-25(15-9-3-2-4-10-15)23-19-14-8-6-12-17(19)20-21(23)16-11-5-7-13-18(16)22(20)24/h2-14H,1H3. The van der Waals surface area contributed by atoms with Crippen molar-refractivity contribution < 1.29 is 0 Å². The van der Waals surface area contributed by atoms with Gasteiger partial charge < -0.3 is 4.90 Å². The number of hydrogen-bond acceptors (Lipinski definition) is 1. The maximum absolute atomic E-state index is 2.51. The van der Waals surface area contributed by atoms with E-state index in [-0.39, 0.29) is 0 Å². The Morgan fingerprint density at radius 3 is 1.80 bits per heavy atom. The van der Waals surface area contributed by atoms with Crippen molar-refractivity contribution in [1.29, 1.82) is 0 Å². The van der Waals surface area contributed by atoms with Gasteiger partial charge in [-0.3, -0.25) is 0 Å². The van der Waals surface area contributed by atoms with Crippen LogP contribution >= 0.6 is 22.6 Å². The number of halogens is 1. The molecular weight excluding hydrogens is 417 g/mol. The highest BCUT2D eigenvalue weighted by molar-refractivity contribution is 14.1. The van der Waals surface area contributed by atoms with E-state index in [0.717, 1.165) is 0 Å². The minimum atomic E-state index is 1.21. The van der Waals surface area contributed by atoms with Crippen LogP contribution in [0, 0.1) is 0 Å². The van der Waals surface area contributed by atoms with Gasteiger partial charge in [-0.1, -0.05) is 66.7 Å². The highest BCUT2D eigenvalue weighted by Crippen LogP contribution is 2.57. The molecule has 0 saturated heterocycles. The van der Waals surface area contributed by atoms with E-state index < -0.39 is 0 Å². The van der Waals surface area contributed by atoms with Crippen LogP contribution in [0.25, 0.3) is 20.4 Å². The van der Waals surface area contributed by atoms with Gasteiger partial charge in [-0.2, -0.15) is 0 Å². The third-order valence-electron chi connectivity index (χ3n) is 5.07. The van der Waals surface area contributed by atoms with E-state index >= 15 is 0 Å². The van der Waals surface area contributed by atoms with Crippen LogP contribution in [0.15, 0.2) is 78.9 Å². The fourth-order valence-electron chi connectivity index (χ4n) is 3.94. The van der Waals surface area contributed by atoms with Gasteiger partial charge in [-0.25, -0.2) is 0 Å². The highest BCUT2D eigenvalue weighted by atomic mass is 127. The monoisotopic (exact) mass is 433 g/mol. The second kappa shape index (κ2) is 5.60. The van der Waals surface area contributed by atoms with E-state index in [4.69, 9.17) is 0 Å². The lowest BCUT2D eigenvalue weighted by Crippen LogP contribution is -2.15. The van der Waals surface area contributed by atoms with Crippen LogP contribution in [-0.2, 0) is 0 Å². The summed E-state index contributed by atoms with van der Waals surface area (Å²) in [6.07, 6.45) is 0. The summed E-state index contributed by atoms with van der Waals surface area (Å²) in [5, 5.41) is 0. The van der Waals surface area contributed by atoms with Gasteiger partial charge in [0.1, 0.15) is 0 Å². The Morgan fingerprint density at radius 1 is 0.600 bits per heavy atom. The lowest BCUT2D eigenvalue weighted by Gasteiger charge is -2.23. The van der Waals surface area contributed by atoms with Gasteiger partial charge in [0.15, 0.2) is 0 Å². The van der Waals surface area contributed by atoms with E-state index in [1.54, 1.807) is 0 Å². The number of para-hydroxylation sites is 1. The molecule has 1 nitrogen and oxygen atoms in total. The molecule has 0 N–H and O–H groups in total. The van der Waals surface area contributed by atoms with E-state index in [1.807, 2.05) is 0 Å². The van der Waals surface area contributed by atoms with Crippen LogP contribution < -0.4 is 4.90 Å². The van der Waals surface area contributed by atoms with Crippen molar-refractivity contribution in [2.24, 2.45) is 0 Å². The summed E-state index contributed by atoms with van der Waals surface area (Å²) in [5.74, 6) is 0. The van der Waals surface area contributed by atoms with Gasteiger partial charge in [0.25, 0.3) is 0 Å². The van der Waals surface area contributed by atoms with Crippen molar-refractivity contribution in [1.82, 2.24) is 0 Å². The van der Waals surface area contributed by atoms with Crippen LogP contribution in [0.2, 0.25) is 0 Å². The fourth-order valence-corrected chi connectivity index (χ4v) is 4.97. The maximum atomic E-state index is 2.51. The number of anilines is 1. The molecule has 120 valence electrons. The summed E-state index contributed by atoms with van der Waals surface area (Å²) in [7, 11) is 2.17. The largest absolute Gasteiger partial charge is 0.344 e. The van der Waals surface area contributed by atoms with Crippen molar-refractivity contribution in [3.05, 3.63) is 101 Å². The van der Waals surface area contributed by atoms with Crippen molar-refractivity contribution in [2.75, 3.05) is 11.9 Å². The van der Waals surface area contributed by atoms with Crippen LogP contribution in [0.5, 0.6) is 0 Å². The van der Waals surface area contributed by atoms with Gasteiger partial charge >= 0.3 is 0 Å². The molecule has 0 amide bonds. The Hall–Kier alpha value is -2.33. The quantitative estimate of drug-likeness (QED) is 0.428. The molecular formula is C23H16IN. The predicted molar refractivity (Wildman–Crippen MR) is 115 cm³/mol. The molecule has 0 unspecified atom stereocenters. The topological polar surface area (TPSA) is 3.24 Å². The Morgan fingerprint density at radius 2 is 1.12 bits per heavy atom. The number of hydrogen-bond donors (Lipinski definition) is 0. The van der Waals surface area contributed by atoms with Gasteiger partial charge in [-0.15, -0.1) is 0 Å². The lowest BCUT2D eigenvalue weighted by atomic mass is 10.0. The summed E-state index contributed by atoms with van der Waals surface area (Å²) >= 11 is 2.51. The van der Waals surface area contributed by atoms with Gasteiger partial charge in [0.2, 0.25) is 0 Å². The molecule has 3 aromatic carbocycles. The van der Waals surface area contributed by atoms with E-state index in [1.165, 1.54) is 48.4 Å². The van der Waals surface area contributed by atoms with E-state index in [9.17, 15) is 0 Å². The summed E-state index contributed by atoms with van der Waals surface area (Å²) in [5.41, 5.74) is 10.6. The molecule has 0 fully saturated rings. The smallest absolute Gasteiger partial charge is 0.0574 e. The molecule has 0 radical (unpaired) electrons. The molecule has 0 bridgehead atoms. The molecule has 2 heteroatoms. The third kappa shape index (κ3) is 2.07. The molecule has 0 saturated carbocycles. The Balaban J connectivity index is 1.84. The Bertz CT molecular complexity index is 1060. The second-order valence-corrected chi connectivity index (χ2v) is 7.48. The zero-order chi connectivity index (χ0) is 17.0. The first-order chi connectivity index (χ1) is 12.3. The normalized spacial score (nSPS) is 14.5. The average Bonchev–Trinajstić information content (AvgIpc) is 3.16. The SMILES string of the molecule is CN(C1=C2C(=C(I)c3ccccc32)c2ccccc21)c1ccccc1. The van der Waals surface area contributed by atoms with Crippen molar-refractivity contribution in [3.8, 4) is 0 Å². The second-order valence-electron chi connectivity index (χ2n) is 6.40. The molecule has 25 heavy (non-hydrogen) atoms. The molecule has 0 atom stereocenters. The Labute approximate surface area is 161 Å². The highest BCUT2D eigenvalue weighted by Gasteiger charge is 2.36. The van der Waals surface area contributed by atoms with Crippen LogP contribution in [-0.4, -0.2) is 7.05 Å². The first kappa shape index (κ1) is 15.0. The maximum Gasteiger partial charge on any atom is 0.0574 e. The zero-order valence-electron chi connectivity index (χ0n) is 13.8. The average molecular weight is 433 g/mol. The molecule has 0 aromatic heterocycles. The number of fused-ring (bicyclic) bond motifs is 5. The molecule has 5 rings (SSSR count). The summed E-state index contributed by atoms with van der Waals surface area (Å²) in [6.45, 7) is 0. The predicted octanol–water partition coefficient (Wildman–Crippen LogP) is 6.32. The zero-order valence-corrected chi connectivity index (χ0v) is 16.0. The fraction of sp³-hybridized carbons (Fsp3) is 0.0435. The summed E-state index contributed by atoms with van der Waals surface area (Å²) in [4.78, 5) is 2.33. The van der Waals surface area contributed by atoms with Gasteiger partial charge in [-0.05, 0) is 51.4 Å². The first-order valence-electron chi connectivity index (χ1n) is 8.40. The van der Waals surface area contributed by atoms with Crippen LogP contribution in [0.3, 0.4) is 0 Å². The van der Waals surface area contributed by atoms with E-state index in [2.05, 4.69) is 113 Å². The number of benzene rings is 3. The minimum absolute atomic E-state index is 1.21. The first-order valence-corrected chi connectivity index (χ1v) is 9.48. The van der Waals surface area contributed by atoms with Crippen molar-refractivity contribution >= 4 is 48.7 Å². The van der Waals surface area contributed by atoms with Gasteiger partial charge in [0, 0.05) is 33.0 Å². The molecule has 2 aliphatic carbocycles. The van der Waals surface area contributed by atoms with Crippen LogP contribution in [0.4, 0.5) is 5.69 Å². The number of allylic oxidation sites excluding steroid dienone is 2. The molecule has 0 spiro atoms. The van der Waals surface area contributed by atoms with Crippen molar-refractivity contribution in [3.63, 3.8) is 0 Å². The molecule has 0 aliphatic heterocycles. The van der Waals surface area contributed by atoms with Crippen LogP contribution in [0.1, 0.15) is 22.3 Å².